The van der Waals surface area contributed by atoms with Gasteiger partial charge in [0, 0.05) is 69.6 Å². The van der Waals surface area contributed by atoms with Gasteiger partial charge >= 0.3 is 0 Å². The van der Waals surface area contributed by atoms with Gasteiger partial charge in [-0.15, -0.1) is 0 Å². The Morgan fingerprint density at radius 3 is 2.69 bits per heavy atom. The van der Waals surface area contributed by atoms with Crippen LogP contribution < -0.4 is 9.64 Å². The van der Waals surface area contributed by atoms with E-state index in [-0.39, 0.29) is 18.4 Å². The van der Waals surface area contributed by atoms with E-state index in [4.69, 9.17) is 25.8 Å². The summed E-state index contributed by atoms with van der Waals surface area (Å²) in [5.41, 5.74) is 2.99. The Hall–Kier alpha value is -2.67. The Bertz CT molecular complexity index is 1790. The van der Waals surface area contributed by atoms with Crippen LogP contribution in [0.25, 0.3) is 0 Å². The van der Waals surface area contributed by atoms with Crippen LogP contribution in [0, 0.1) is 17.8 Å². The van der Waals surface area contributed by atoms with E-state index in [0.29, 0.717) is 36.3 Å². The number of rotatable bonds is 3. The van der Waals surface area contributed by atoms with E-state index in [1.54, 1.807) is 6.07 Å². The standard InChI is InChI=1S/C40H53ClN4O6S/c1-28-6-5-14-40(49-2,27-42-16-17-43-18-19-50-26-34(43)23-42)35-12-9-31(35)22-44-15-4-3-7-29-20-33(41)11-8-32(29)25-51-37-13-10-30(21-36(37)44)39(46)45-24-38(28)52(45,47)48/h5,8,10-11,13-14,20-21,28,31,34-35,38H,3-4,6-7,9,12,15-19,22-27H2,1-2H3/b14-5+/t28-,31-,34-,35+,38+,40+/m0/s1. The summed E-state index contributed by atoms with van der Waals surface area (Å²) in [5.74, 6) is 0.729. The lowest BCUT2D eigenvalue weighted by Gasteiger charge is -2.53. The number of morpholine rings is 1. The molecule has 52 heavy (non-hydrogen) atoms. The quantitative estimate of drug-likeness (QED) is 0.391. The second kappa shape index (κ2) is 14.9. The molecule has 0 unspecified atom stereocenters. The number of benzene rings is 2. The van der Waals surface area contributed by atoms with Crippen molar-refractivity contribution in [2.75, 3.05) is 77.6 Å². The lowest BCUT2D eigenvalue weighted by atomic mass is 9.63. The van der Waals surface area contributed by atoms with Gasteiger partial charge in [-0.3, -0.25) is 14.6 Å². The highest BCUT2D eigenvalue weighted by Crippen LogP contribution is 2.47. The monoisotopic (exact) mass is 752 g/mol. The number of fused-ring (bicyclic) bond motifs is 5. The molecular weight excluding hydrogens is 700 g/mol. The van der Waals surface area contributed by atoms with Gasteiger partial charge in [0.05, 0.1) is 25.4 Å². The number of carbonyl (C=O) groups excluding carboxylic acids is 1. The van der Waals surface area contributed by atoms with E-state index >= 15 is 0 Å². The fourth-order valence-corrected chi connectivity index (χ4v) is 11.6. The molecule has 12 heteroatoms. The summed E-state index contributed by atoms with van der Waals surface area (Å²) in [6.45, 7) is 10.5. The summed E-state index contributed by atoms with van der Waals surface area (Å²) in [7, 11) is -1.92. The SMILES string of the molecule is CO[C@@]1(CN2CCN3CCOC[C@@H]3C2)/C=C/C[C@H](C)[C@H]2CN(C(=O)c3ccc4c(c3)N(CCCCc3cc(Cl)ccc3CO4)C[C@@H]3CC[C@H]31)S2(=O)=O. The van der Waals surface area contributed by atoms with Crippen LogP contribution in [0.2, 0.25) is 5.02 Å². The highest BCUT2D eigenvalue weighted by Gasteiger charge is 2.51. The molecule has 4 bridgehead atoms. The number of methoxy groups -OCH3 is 1. The number of nitrogens with zero attached hydrogens (tertiary/aromatic N) is 4. The summed E-state index contributed by atoms with van der Waals surface area (Å²) in [6.07, 6.45) is 10.0. The second-order valence-corrected chi connectivity index (χ2v) is 18.4. The number of halogens is 1. The molecule has 4 fully saturated rings. The Morgan fingerprint density at radius 2 is 1.88 bits per heavy atom. The molecule has 6 atom stereocenters. The highest BCUT2D eigenvalue weighted by molar-refractivity contribution is 7.91. The molecule has 9 rings (SSSR count). The molecule has 6 aliphatic heterocycles. The van der Waals surface area contributed by atoms with Gasteiger partial charge in [0.15, 0.2) is 0 Å². The zero-order valence-corrected chi connectivity index (χ0v) is 32.1. The van der Waals surface area contributed by atoms with E-state index in [9.17, 15) is 13.2 Å². The zero-order valence-electron chi connectivity index (χ0n) is 30.6. The van der Waals surface area contributed by atoms with Crippen molar-refractivity contribution < 1.29 is 27.4 Å². The van der Waals surface area contributed by atoms with Crippen molar-refractivity contribution in [3.63, 3.8) is 0 Å². The van der Waals surface area contributed by atoms with Gasteiger partial charge in [0.1, 0.15) is 23.2 Å². The number of hydrogen-bond donors (Lipinski definition) is 0. The average molecular weight is 753 g/mol. The number of allylic oxidation sites excluding steroid dienone is 1. The molecule has 1 amide bonds. The minimum Gasteiger partial charge on any atom is -0.487 e. The van der Waals surface area contributed by atoms with Crippen LogP contribution in [-0.4, -0.2) is 118 Å². The smallest absolute Gasteiger partial charge is 0.267 e. The third-order valence-corrected chi connectivity index (χ3v) is 15.4. The van der Waals surface area contributed by atoms with Crippen molar-refractivity contribution in [3.05, 3.63) is 70.3 Å². The normalized spacial score (nSPS) is 33.2. The van der Waals surface area contributed by atoms with Gasteiger partial charge in [-0.1, -0.05) is 36.7 Å². The van der Waals surface area contributed by atoms with Gasteiger partial charge < -0.3 is 19.1 Å². The van der Waals surface area contributed by atoms with Crippen molar-refractivity contribution in [1.29, 1.82) is 0 Å². The van der Waals surface area contributed by atoms with Crippen LogP contribution in [0.3, 0.4) is 0 Å². The van der Waals surface area contributed by atoms with Crippen LogP contribution in [0.5, 0.6) is 5.75 Å². The molecule has 282 valence electrons. The van der Waals surface area contributed by atoms with Gasteiger partial charge in [0.2, 0.25) is 10.0 Å². The van der Waals surface area contributed by atoms with Crippen LogP contribution in [0.4, 0.5) is 5.69 Å². The molecule has 3 saturated heterocycles. The van der Waals surface area contributed by atoms with E-state index in [0.717, 1.165) is 112 Å². The lowest BCUT2D eigenvalue weighted by molar-refractivity contribution is -0.108. The fourth-order valence-electron chi connectivity index (χ4n) is 9.56. The van der Waals surface area contributed by atoms with Crippen LogP contribution in [0.1, 0.15) is 60.5 Å². The number of ether oxygens (including phenoxy) is 3. The summed E-state index contributed by atoms with van der Waals surface area (Å²) in [4.78, 5) is 21.4. The number of sulfonamides is 1. The Morgan fingerprint density at radius 1 is 1.00 bits per heavy atom. The molecule has 1 aliphatic carbocycles. The van der Waals surface area contributed by atoms with E-state index in [1.807, 2.05) is 44.4 Å². The largest absolute Gasteiger partial charge is 0.487 e. The summed E-state index contributed by atoms with van der Waals surface area (Å²) in [6, 6.07) is 11.8. The minimum absolute atomic E-state index is 0.137. The molecule has 0 N–H and O–H groups in total. The molecule has 0 spiro atoms. The first-order chi connectivity index (χ1) is 25.1. The fraction of sp³-hybridized carbons (Fsp3) is 0.625. The first-order valence-corrected chi connectivity index (χ1v) is 21.2. The van der Waals surface area contributed by atoms with Gasteiger partial charge in [0.25, 0.3) is 5.91 Å². The molecule has 6 heterocycles. The van der Waals surface area contributed by atoms with Gasteiger partial charge in [-0.2, -0.15) is 0 Å². The molecule has 2 aromatic rings. The van der Waals surface area contributed by atoms with Crippen molar-refractivity contribution in [2.24, 2.45) is 17.8 Å². The van der Waals surface area contributed by atoms with E-state index in [2.05, 4.69) is 26.9 Å². The first-order valence-electron chi connectivity index (χ1n) is 19.3. The Balaban J connectivity index is 1.15. The zero-order chi connectivity index (χ0) is 36.0. The van der Waals surface area contributed by atoms with Crippen molar-refractivity contribution >= 4 is 33.2 Å². The van der Waals surface area contributed by atoms with Crippen LogP contribution >= 0.6 is 11.6 Å². The Kier molecular flexibility index (Phi) is 10.4. The molecule has 7 aliphatic rings. The second-order valence-electron chi connectivity index (χ2n) is 15.9. The molecule has 0 radical (unpaired) electrons. The third-order valence-electron chi connectivity index (χ3n) is 12.9. The number of anilines is 1. The number of piperazine rings is 1. The number of aryl methyl sites for hydroxylation is 1. The number of hydrogen-bond acceptors (Lipinski definition) is 9. The van der Waals surface area contributed by atoms with E-state index in [1.165, 1.54) is 5.56 Å². The van der Waals surface area contributed by atoms with E-state index < -0.39 is 26.8 Å². The molecule has 0 aromatic heterocycles. The summed E-state index contributed by atoms with van der Waals surface area (Å²) < 4.78 is 47.6. The van der Waals surface area contributed by atoms with Crippen LogP contribution in [-0.2, 0) is 32.5 Å². The first kappa shape index (κ1) is 36.3. The van der Waals surface area contributed by atoms with Crippen molar-refractivity contribution in [2.45, 2.75) is 68.9 Å². The lowest BCUT2D eigenvalue weighted by Crippen LogP contribution is -2.62. The molecule has 1 saturated carbocycles. The minimum atomic E-state index is -3.78. The predicted molar refractivity (Wildman–Crippen MR) is 203 cm³/mol. The predicted octanol–water partition coefficient (Wildman–Crippen LogP) is 5.24. The van der Waals surface area contributed by atoms with Gasteiger partial charge in [-0.05, 0) is 97.7 Å². The maximum Gasteiger partial charge on any atom is 0.267 e. The number of amides is 1. The average Bonchev–Trinajstić information content (AvgIpc) is 3.15. The number of carbonyl (C=O) groups is 1. The maximum atomic E-state index is 13.9. The summed E-state index contributed by atoms with van der Waals surface area (Å²) >= 11 is 6.41. The molecule has 10 nitrogen and oxygen atoms in total. The van der Waals surface area contributed by atoms with Crippen molar-refractivity contribution in [3.8, 4) is 5.75 Å². The third kappa shape index (κ3) is 6.90. The topological polar surface area (TPSA) is 91.9 Å². The maximum absolute atomic E-state index is 13.9. The van der Waals surface area contributed by atoms with Crippen LogP contribution in [0.15, 0.2) is 48.6 Å². The highest BCUT2D eigenvalue weighted by atomic mass is 35.5. The molecule has 2 aromatic carbocycles. The van der Waals surface area contributed by atoms with Crippen molar-refractivity contribution in [1.82, 2.24) is 14.1 Å². The Labute approximate surface area is 314 Å². The summed E-state index contributed by atoms with van der Waals surface area (Å²) in [5, 5.41) is 0.122. The van der Waals surface area contributed by atoms with Gasteiger partial charge in [-0.25, -0.2) is 12.7 Å². The molecular formula is C40H53ClN4O6S.